The SMILES string of the molecule is CC.Cc1cc2ccc(Cl)cc2s1. The van der Waals surface area contributed by atoms with Gasteiger partial charge >= 0.3 is 0 Å². The van der Waals surface area contributed by atoms with E-state index in [9.17, 15) is 0 Å². The smallest absolute Gasteiger partial charge is 0.0420 e. The molecule has 2 rings (SSSR count). The first-order chi connectivity index (χ1) is 6.25. The van der Waals surface area contributed by atoms with E-state index in [1.807, 2.05) is 26.0 Å². The molecule has 0 N–H and O–H groups in total. The molecular formula is C11H13ClS. The first kappa shape index (κ1) is 10.6. The van der Waals surface area contributed by atoms with Crippen LogP contribution in [0, 0.1) is 6.92 Å². The predicted molar refractivity (Wildman–Crippen MR) is 62.9 cm³/mol. The molecule has 0 amide bonds. The minimum Gasteiger partial charge on any atom is -0.141 e. The molecule has 0 fully saturated rings. The van der Waals surface area contributed by atoms with Gasteiger partial charge in [-0.25, -0.2) is 0 Å². The molecule has 0 nitrogen and oxygen atoms in total. The van der Waals surface area contributed by atoms with Crippen molar-refractivity contribution in [3.8, 4) is 0 Å². The molecule has 2 heteroatoms. The quantitative estimate of drug-likeness (QED) is 0.583. The Morgan fingerprint density at radius 2 is 1.85 bits per heavy atom. The number of thiophene rings is 1. The Morgan fingerprint density at radius 1 is 1.15 bits per heavy atom. The lowest BCUT2D eigenvalue weighted by Gasteiger charge is -1.87. The van der Waals surface area contributed by atoms with Crippen LogP contribution < -0.4 is 0 Å². The molecule has 2 aromatic rings. The van der Waals surface area contributed by atoms with Crippen molar-refractivity contribution in [2.24, 2.45) is 0 Å². The van der Waals surface area contributed by atoms with Crippen molar-refractivity contribution in [2.45, 2.75) is 20.8 Å². The standard InChI is InChI=1S/C9H7ClS.C2H6/c1-6-4-7-2-3-8(10)5-9(7)11-6;1-2/h2-5H,1H3;1-2H3. The van der Waals surface area contributed by atoms with Gasteiger partial charge in [0.25, 0.3) is 0 Å². The molecule has 1 aromatic heterocycles. The van der Waals surface area contributed by atoms with Gasteiger partial charge in [0, 0.05) is 14.6 Å². The van der Waals surface area contributed by atoms with Gasteiger partial charge in [0.1, 0.15) is 0 Å². The summed E-state index contributed by atoms with van der Waals surface area (Å²) in [5.41, 5.74) is 0. The van der Waals surface area contributed by atoms with Gasteiger partial charge in [0.2, 0.25) is 0 Å². The maximum absolute atomic E-state index is 5.83. The van der Waals surface area contributed by atoms with Crippen LogP contribution in [0.4, 0.5) is 0 Å². The van der Waals surface area contributed by atoms with Gasteiger partial charge in [0.15, 0.2) is 0 Å². The van der Waals surface area contributed by atoms with E-state index in [0.29, 0.717) is 0 Å². The summed E-state index contributed by atoms with van der Waals surface area (Å²) in [6.07, 6.45) is 0. The highest BCUT2D eigenvalue weighted by molar-refractivity contribution is 7.19. The second-order valence-electron chi connectivity index (χ2n) is 2.54. The van der Waals surface area contributed by atoms with Crippen LogP contribution in [0.2, 0.25) is 5.02 Å². The summed E-state index contributed by atoms with van der Waals surface area (Å²) in [7, 11) is 0. The molecule has 0 atom stereocenters. The Hall–Kier alpha value is -0.530. The largest absolute Gasteiger partial charge is 0.141 e. The first-order valence-corrected chi connectivity index (χ1v) is 5.61. The fraction of sp³-hybridized carbons (Fsp3) is 0.273. The Kier molecular flexibility index (Phi) is 3.76. The fourth-order valence-electron chi connectivity index (χ4n) is 1.14. The van der Waals surface area contributed by atoms with Gasteiger partial charge in [-0.2, -0.15) is 0 Å². The summed E-state index contributed by atoms with van der Waals surface area (Å²) >= 11 is 7.62. The lowest BCUT2D eigenvalue weighted by molar-refractivity contribution is 1.50. The number of benzene rings is 1. The first-order valence-electron chi connectivity index (χ1n) is 4.41. The van der Waals surface area contributed by atoms with Gasteiger partial charge in [-0.15, -0.1) is 11.3 Å². The van der Waals surface area contributed by atoms with E-state index in [1.54, 1.807) is 11.3 Å². The lowest BCUT2D eigenvalue weighted by atomic mass is 10.2. The summed E-state index contributed by atoms with van der Waals surface area (Å²) in [6, 6.07) is 8.17. The number of rotatable bonds is 0. The average molecular weight is 213 g/mol. The zero-order valence-electron chi connectivity index (χ0n) is 8.10. The molecule has 70 valence electrons. The number of hydrogen-bond donors (Lipinski definition) is 0. The summed E-state index contributed by atoms with van der Waals surface area (Å²) in [5, 5.41) is 2.11. The second-order valence-corrected chi connectivity index (χ2v) is 4.26. The van der Waals surface area contributed by atoms with Crippen LogP contribution in [0.1, 0.15) is 18.7 Å². The zero-order valence-corrected chi connectivity index (χ0v) is 9.67. The highest BCUT2D eigenvalue weighted by Crippen LogP contribution is 2.27. The fourth-order valence-corrected chi connectivity index (χ4v) is 2.34. The molecule has 0 aliphatic carbocycles. The monoisotopic (exact) mass is 212 g/mol. The highest BCUT2D eigenvalue weighted by atomic mass is 35.5. The maximum Gasteiger partial charge on any atom is 0.0420 e. The van der Waals surface area contributed by atoms with Gasteiger partial charge in [-0.3, -0.25) is 0 Å². The number of fused-ring (bicyclic) bond motifs is 1. The Morgan fingerprint density at radius 3 is 2.54 bits per heavy atom. The Balaban J connectivity index is 0.000000396. The number of aryl methyl sites for hydroxylation is 1. The molecule has 0 saturated carbocycles. The molecule has 0 unspecified atom stereocenters. The van der Waals surface area contributed by atoms with Gasteiger partial charge in [-0.05, 0) is 30.5 Å². The van der Waals surface area contributed by atoms with Crippen molar-refractivity contribution in [1.82, 2.24) is 0 Å². The molecule has 13 heavy (non-hydrogen) atoms. The van der Waals surface area contributed by atoms with Gasteiger partial charge in [0.05, 0.1) is 0 Å². The van der Waals surface area contributed by atoms with Crippen molar-refractivity contribution in [1.29, 1.82) is 0 Å². The van der Waals surface area contributed by atoms with Crippen LogP contribution >= 0.6 is 22.9 Å². The minimum absolute atomic E-state index is 0.819. The molecule has 0 spiro atoms. The molecule has 0 aliphatic heterocycles. The highest BCUT2D eigenvalue weighted by Gasteiger charge is 1.97. The second kappa shape index (κ2) is 4.64. The minimum atomic E-state index is 0.819. The van der Waals surface area contributed by atoms with Crippen molar-refractivity contribution in [3.63, 3.8) is 0 Å². The summed E-state index contributed by atoms with van der Waals surface area (Å²) in [6.45, 7) is 6.11. The molecule has 0 aliphatic rings. The summed E-state index contributed by atoms with van der Waals surface area (Å²) in [5.74, 6) is 0. The maximum atomic E-state index is 5.83. The molecule has 0 radical (unpaired) electrons. The van der Waals surface area contributed by atoms with Crippen molar-refractivity contribution >= 4 is 33.0 Å². The van der Waals surface area contributed by atoms with E-state index in [-0.39, 0.29) is 0 Å². The number of halogens is 1. The van der Waals surface area contributed by atoms with E-state index in [0.717, 1.165) is 5.02 Å². The van der Waals surface area contributed by atoms with Crippen molar-refractivity contribution in [2.75, 3.05) is 0 Å². The normalized spacial score (nSPS) is 9.54. The molecule has 0 bridgehead atoms. The van der Waals surface area contributed by atoms with Gasteiger partial charge in [-0.1, -0.05) is 31.5 Å². The van der Waals surface area contributed by atoms with Crippen LogP contribution in [0.3, 0.4) is 0 Å². The predicted octanol–water partition coefficient (Wildman–Crippen LogP) is 4.89. The van der Waals surface area contributed by atoms with E-state index >= 15 is 0 Å². The number of hydrogen-bond acceptors (Lipinski definition) is 1. The topological polar surface area (TPSA) is 0 Å². The van der Waals surface area contributed by atoms with Crippen LogP contribution in [0.25, 0.3) is 10.1 Å². The molecule has 0 saturated heterocycles. The summed E-state index contributed by atoms with van der Waals surface area (Å²) in [4.78, 5) is 1.34. The van der Waals surface area contributed by atoms with E-state index < -0.39 is 0 Å². The van der Waals surface area contributed by atoms with Crippen LogP contribution in [-0.4, -0.2) is 0 Å². The van der Waals surface area contributed by atoms with E-state index in [2.05, 4.69) is 19.1 Å². The van der Waals surface area contributed by atoms with Crippen LogP contribution in [0.15, 0.2) is 24.3 Å². The molecule has 1 aromatic carbocycles. The third-order valence-electron chi connectivity index (χ3n) is 1.61. The summed E-state index contributed by atoms with van der Waals surface area (Å²) < 4.78 is 1.27. The lowest BCUT2D eigenvalue weighted by Crippen LogP contribution is -1.61. The Bertz CT molecular complexity index is 390. The van der Waals surface area contributed by atoms with Crippen molar-refractivity contribution < 1.29 is 0 Å². The molecular weight excluding hydrogens is 200 g/mol. The molecule has 1 heterocycles. The Labute approximate surface area is 88.2 Å². The average Bonchev–Trinajstić information content (AvgIpc) is 2.48. The van der Waals surface area contributed by atoms with E-state index in [4.69, 9.17) is 11.6 Å². The van der Waals surface area contributed by atoms with Crippen LogP contribution in [0.5, 0.6) is 0 Å². The zero-order chi connectivity index (χ0) is 9.84. The van der Waals surface area contributed by atoms with Crippen molar-refractivity contribution in [3.05, 3.63) is 34.2 Å². The van der Waals surface area contributed by atoms with E-state index in [1.165, 1.54) is 15.0 Å². The third kappa shape index (κ3) is 2.45. The van der Waals surface area contributed by atoms with Crippen LogP contribution in [-0.2, 0) is 0 Å². The van der Waals surface area contributed by atoms with Gasteiger partial charge < -0.3 is 0 Å². The third-order valence-corrected chi connectivity index (χ3v) is 2.85.